The second kappa shape index (κ2) is 10.5. The highest BCUT2D eigenvalue weighted by molar-refractivity contribution is 6.09. The van der Waals surface area contributed by atoms with Crippen LogP contribution in [0.3, 0.4) is 0 Å². The van der Waals surface area contributed by atoms with E-state index in [9.17, 15) is 19.2 Å². The van der Waals surface area contributed by atoms with Crippen LogP contribution in [-0.4, -0.2) is 18.4 Å². The summed E-state index contributed by atoms with van der Waals surface area (Å²) in [6, 6.07) is 21.2. The van der Waals surface area contributed by atoms with Crippen molar-refractivity contribution in [3.8, 4) is 11.8 Å². The second-order valence-corrected chi connectivity index (χ2v) is 6.87. The quantitative estimate of drug-likeness (QED) is 0.421. The van der Waals surface area contributed by atoms with Crippen LogP contribution < -0.4 is 15.4 Å². The maximum Gasteiger partial charge on any atom is 0.266 e. The third-order valence-electron chi connectivity index (χ3n) is 4.38. The average Bonchev–Trinajstić information content (AvgIpc) is 2.79. The molecule has 3 rings (SSSR count). The molecule has 0 aliphatic rings. The van der Waals surface area contributed by atoms with E-state index < -0.39 is 17.6 Å². The fraction of sp³-hybridized carbons (Fsp3) is 0.0800. The van der Waals surface area contributed by atoms with Crippen LogP contribution in [0.5, 0.6) is 5.75 Å². The third kappa shape index (κ3) is 6.28. The molecular formula is C25H20FN3O3. The monoisotopic (exact) mass is 429 g/mol. The van der Waals surface area contributed by atoms with Crippen LogP contribution in [0.15, 0.2) is 78.4 Å². The first kappa shape index (κ1) is 22.2. The lowest BCUT2D eigenvalue weighted by molar-refractivity contribution is -0.118. The largest absolute Gasteiger partial charge is 0.483 e. The average molecular weight is 429 g/mol. The number of benzene rings is 3. The molecule has 0 atom stereocenters. The first-order valence-electron chi connectivity index (χ1n) is 9.71. The van der Waals surface area contributed by atoms with E-state index in [0.29, 0.717) is 22.7 Å². The molecule has 7 heteroatoms. The van der Waals surface area contributed by atoms with Crippen molar-refractivity contribution >= 4 is 29.3 Å². The Bertz CT molecular complexity index is 1180. The molecule has 0 saturated carbocycles. The van der Waals surface area contributed by atoms with Crippen LogP contribution >= 0.6 is 0 Å². The number of carbonyl (C=O) groups is 2. The summed E-state index contributed by atoms with van der Waals surface area (Å²) in [7, 11) is 0. The zero-order chi connectivity index (χ0) is 22.9. The van der Waals surface area contributed by atoms with Gasteiger partial charge in [-0.15, -0.1) is 0 Å². The molecule has 6 nitrogen and oxygen atoms in total. The van der Waals surface area contributed by atoms with E-state index in [1.54, 1.807) is 36.4 Å². The van der Waals surface area contributed by atoms with E-state index in [1.165, 1.54) is 30.3 Å². The Morgan fingerprint density at radius 1 is 0.969 bits per heavy atom. The number of ether oxygens (including phenoxy) is 1. The molecule has 3 aromatic carbocycles. The van der Waals surface area contributed by atoms with Crippen molar-refractivity contribution < 1.29 is 18.7 Å². The van der Waals surface area contributed by atoms with Gasteiger partial charge in [0.1, 0.15) is 23.2 Å². The number of para-hydroxylation sites is 1. The topological polar surface area (TPSA) is 91.2 Å². The summed E-state index contributed by atoms with van der Waals surface area (Å²) in [4.78, 5) is 24.6. The van der Waals surface area contributed by atoms with Crippen molar-refractivity contribution in [2.75, 3.05) is 17.2 Å². The van der Waals surface area contributed by atoms with Crippen molar-refractivity contribution in [1.29, 1.82) is 5.26 Å². The fourth-order valence-corrected chi connectivity index (χ4v) is 2.74. The SMILES string of the molecule is Cc1ccc(NC(=O)/C(C#N)=C\c2ccccc2OCC(=O)Nc2ccc(F)cc2)cc1. The summed E-state index contributed by atoms with van der Waals surface area (Å²) in [6.07, 6.45) is 1.40. The fourth-order valence-electron chi connectivity index (χ4n) is 2.74. The molecule has 0 spiro atoms. The first-order chi connectivity index (χ1) is 15.4. The summed E-state index contributed by atoms with van der Waals surface area (Å²) in [6.45, 7) is 1.63. The highest BCUT2D eigenvalue weighted by Crippen LogP contribution is 2.22. The highest BCUT2D eigenvalue weighted by Gasteiger charge is 2.12. The van der Waals surface area contributed by atoms with Gasteiger partial charge in [-0.3, -0.25) is 9.59 Å². The zero-order valence-electron chi connectivity index (χ0n) is 17.3. The Kier molecular flexibility index (Phi) is 7.33. The van der Waals surface area contributed by atoms with E-state index in [1.807, 2.05) is 25.1 Å². The maximum absolute atomic E-state index is 13.0. The summed E-state index contributed by atoms with van der Waals surface area (Å²) in [5.74, 6) is -1.06. The van der Waals surface area contributed by atoms with Crippen LogP contribution in [0.4, 0.5) is 15.8 Å². The maximum atomic E-state index is 13.0. The summed E-state index contributed by atoms with van der Waals surface area (Å²) in [5.41, 5.74) is 2.42. The smallest absolute Gasteiger partial charge is 0.266 e. The molecule has 0 heterocycles. The zero-order valence-corrected chi connectivity index (χ0v) is 17.3. The van der Waals surface area contributed by atoms with Gasteiger partial charge >= 0.3 is 0 Å². The molecule has 0 bridgehead atoms. The molecule has 0 aromatic heterocycles. The summed E-state index contributed by atoms with van der Waals surface area (Å²) in [5, 5.41) is 14.7. The molecule has 32 heavy (non-hydrogen) atoms. The minimum absolute atomic E-state index is 0.114. The molecule has 0 aliphatic heterocycles. The number of nitrogens with one attached hydrogen (secondary N) is 2. The molecule has 0 radical (unpaired) electrons. The molecule has 0 aliphatic carbocycles. The Morgan fingerprint density at radius 2 is 1.59 bits per heavy atom. The van der Waals surface area contributed by atoms with Crippen LogP contribution in [0.2, 0.25) is 0 Å². The minimum atomic E-state index is -0.555. The standard InChI is InChI=1S/C25H20FN3O3/c1-17-6-10-22(11-7-17)29-25(31)19(15-27)14-18-4-2-3-5-23(18)32-16-24(30)28-21-12-8-20(26)9-13-21/h2-14H,16H2,1H3,(H,28,30)(H,29,31)/b19-14-. The number of hydrogen-bond acceptors (Lipinski definition) is 4. The van der Waals surface area contributed by atoms with Crippen molar-refractivity contribution in [1.82, 2.24) is 0 Å². The van der Waals surface area contributed by atoms with E-state index in [2.05, 4.69) is 10.6 Å². The number of hydrogen-bond donors (Lipinski definition) is 2. The lowest BCUT2D eigenvalue weighted by atomic mass is 10.1. The van der Waals surface area contributed by atoms with Gasteiger partial charge in [0.15, 0.2) is 6.61 Å². The predicted molar refractivity (Wildman–Crippen MR) is 120 cm³/mol. The second-order valence-electron chi connectivity index (χ2n) is 6.87. The van der Waals surface area contributed by atoms with Gasteiger partial charge in [-0.2, -0.15) is 5.26 Å². The predicted octanol–water partition coefficient (Wildman–Crippen LogP) is 4.70. The van der Waals surface area contributed by atoms with Gasteiger partial charge in [0.2, 0.25) is 0 Å². The molecular weight excluding hydrogens is 409 g/mol. The minimum Gasteiger partial charge on any atom is -0.483 e. The van der Waals surface area contributed by atoms with Crippen molar-refractivity contribution in [3.63, 3.8) is 0 Å². The Labute approximate surface area is 185 Å². The van der Waals surface area contributed by atoms with Gasteiger partial charge in [-0.1, -0.05) is 35.9 Å². The van der Waals surface area contributed by atoms with E-state index in [4.69, 9.17) is 4.74 Å². The van der Waals surface area contributed by atoms with Crippen LogP contribution in [0, 0.1) is 24.1 Å². The molecule has 0 unspecified atom stereocenters. The third-order valence-corrected chi connectivity index (χ3v) is 4.38. The van der Waals surface area contributed by atoms with Crippen molar-refractivity contribution in [3.05, 3.63) is 95.3 Å². The number of nitriles is 1. The number of carbonyl (C=O) groups excluding carboxylic acids is 2. The molecule has 0 saturated heterocycles. The highest BCUT2D eigenvalue weighted by atomic mass is 19.1. The number of aryl methyl sites for hydroxylation is 1. The first-order valence-corrected chi connectivity index (χ1v) is 9.71. The molecule has 2 amide bonds. The Hall–Kier alpha value is -4.44. The van der Waals surface area contributed by atoms with E-state index in [0.717, 1.165) is 5.56 Å². The van der Waals surface area contributed by atoms with Gasteiger partial charge in [0.25, 0.3) is 11.8 Å². The van der Waals surface area contributed by atoms with Crippen molar-refractivity contribution in [2.45, 2.75) is 6.92 Å². The summed E-state index contributed by atoms with van der Waals surface area (Å²) >= 11 is 0. The van der Waals surface area contributed by atoms with Crippen LogP contribution in [-0.2, 0) is 9.59 Å². The van der Waals surface area contributed by atoms with E-state index >= 15 is 0 Å². The lowest BCUT2D eigenvalue weighted by Gasteiger charge is -2.10. The van der Waals surface area contributed by atoms with Crippen LogP contribution in [0.25, 0.3) is 6.08 Å². The number of nitrogens with zero attached hydrogens (tertiary/aromatic N) is 1. The van der Waals surface area contributed by atoms with Crippen LogP contribution in [0.1, 0.15) is 11.1 Å². The molecule has 160 valence electrons. The molecule has 0 fully saturated rings. The summed E-state index contributed by atoms with van der Waals surface area (Å²) < 4.78 is 18.6. The number of halogens is 1. The number of anilines is 2. The van der Waals surface area contributed by atoms with Crippen molar-refractivity contribution in [2.24, 2.45) is 0 Å². The normalized spacial score (nSPS) is 10.7. The van der Waals surface area contributed by atoms with Gasteiger partial charge in [-0.25, -0.2) is 4.39 Å². The van der Waals surface area contributed by atoms with Gasteiger partial charge < -0.3 is 15.4 Å². The Morgan fingerprint density at radius 3 is 2.28 bits per heavy atom. The van der Waals surface area contributed by atoms with Gasteiger partial charge in [0, 0.05) is 16.9 Å². The van der Waals surface area contributed by atoms with Gasteiger partial charge in [0.05, 0.1) is 0 Å². The van der Waals surface area contributed by atoms with E-state index in [-0.39, 0.29) is 12.2 Å². The number of rotatable bonds is 7. The lowest BCUT2D eigenvalue weighted by Crippen LogP contribution is -2.20. The molecule has 2 N–H and O–H groups in total. The number of amides is 2. The van der Waals surface area contributed by atoms with Gasteiger partial charge in [-0.05, 0) is 55.5 Å². The molecule has 3 aromatic rings. The Balaban J connectivity index is 1.68.